The lowest BCUT2D eigenvalue weighted by Crippen LogP contribution is -2.54. The average molecular weight is 582 g/mol. The van der Waals surface area contributed by atoms with Gasteiger partial charge in [-0.2, -0.15) is 0 Å². The smallest absolute Gasteiger partial charge is 0.335 e. The molecule has 0 unspecified atom stereocenters. The van der Waals surface area contributed by atoms with E-state index in [1.807, 2.05) is 0 Å². The van der Waals surface area contributed by atoms with Crippen molar-refractivity contribution in [1.29, 1.82) is 0 Å². The van der Waals surface area contributed by atoms with E-state index in [1.54, 1.807) is 13.0 Å². The van der Waals surface area contributed by atoms with Crippen LogP contribution in [-0.4, -0.2) is 43.8 Å². The molecule has 1 fully saturated rings. The number of halogens is 2. The van der Waals surface area contributed by atoms with Crippen molar-refractivity contribution >= 4 is 52.8 Å². The predicted octanol–water partition coefficient (Wildman–Crippen LogP) is 4.29. The Labute approximate surface area is 237 Å². The minimum Gasteiger partial charge on any atom is -0.490 e. The molecule has 2 aliphatic heterocycles. The largest absolute Gasteiger partial charge is 0.490 e. The van der Waals surface area contributed by atoms with E-state index in [1.165, 1.54) is 54.6 Å². The number of carbonyl (C=O) groups excluding carboxylic acids is 4. The SMILES string of the molecule is CCOc1cc(/C=C2\C(=O)NC(=O)N(c3ccc4c(c3)OCO4)C2=O)cc(Cl)c1OCC(=O)Nc1ccc(F)cc1. The van der Waals surface area contributed by atoms with Crippen molar-refractivity contribution in [3.63, 3.8) is 0 Å². The van der Waals surface area contributed by atoms with Gasteiger partial charge >= 0.3 is 6.03 Å². The van der Waals surface area contributed by atoms with Crippen LogP contribution in [0.25, 0.3) is 6.08 Å². The summed E-state index contributed by atoms with van der Waals surface area (Å²) in [5.41, 5.74) is 0.501. The summed E-state index contributed by atoms with van der Waals surface area (Å²) in [5.74, 6) is -1.73. The van der Waals surface area contributed by atoms with Crippen molar-refractivity contribution in [3.8, 4) is 23.0 Å². The molecule has 13 heteroatoms. The highest BCUT2D eigenvalue weighted by Gasteiger charge is 2.37. The summed E-state index contributed by atoms with van der Waals surface area (Å²) in [6, 6.07) is 11.7. The van der Waals surface area contributed by atoms with Crippen molar-refractivity contribution in [2.45, 2.75) is 6.92 Å². The number of imide groups is 2. The molecule has 0 bridgehead atoms. The maximum Gasteiger partial charge on any atom is 0.335 e. The molecule has 3 aromatic rings. The van der Waals surface area contributed by atoms with Gasteiger partial charge < -0.3 is 24.3 Å². The molecule has 5 amide bonds. The van der Waals surface area contributed by atoms with E-state index in [4.69, 9.17) is 30.5 Å². The Balaban J connectivity index is 1.38. The molecule has 2 aliphatic rings. The van der Waals surface area contributed by atoms with Crippen molar-refractivity contribution in [2.24, 2.45) is 0 Å². The predicted molar refractivity (Wildman–Crippen MR) is 145 cm³/mol. The van der Waals surface area contributed by atoms with Crippen molar-refractivity contribution in [1.82, 2.24) is 5.32 Å². The number of hydrogen-bond acceptors (Lipinski definition) is 8. The number of ether oxygens (including phenoxy) is 4. The lowest BCUT2D eigenvalue weighted by molar-refractivity contribution is -0.122. The molecular formula is C28H21ClFN3O8. The van der Waals surface area contributed by atoms with Crippen molar-refractivity contribution < 1.29 is 42.5 Å². The van der Waals surface area contributed by atoms with E-state index < -0.39 is 36.2 Å². The van der Waals surface area contributed by atoms with Crippen molar-refractivity contribution in [2.75, 3.05) is 30.2 Å². The number of carbonyl (C=O) groups is 4. The highest BCUT2D eigenvalue weighted by atomic mass is 35.5. The average Bonchev–Trinajstić information content (AvgIpc) is 3.40. The minimum atomic E-state index is -0.924. The normalized spacial score (nSPS) is 15.1. The molecule has 0 spiro atoms. The zero-order valence-electron chi connectivity index (χ0n) is 21.4. The van der Waals surface area contributed by atoms with Gasteiger partial charge in [0.25, 0.3) is 17.7 Å². The Morgan fingerprint density at radius 2 is 1.83 bits per heavy atom. The number of urea groups is 1. The Bertz CT molecular complexity index is 1590. The fourth-order valence-electron chi connectivity index (χ4n) is 4.03. The molecule has 2 heterocycles. The standard InChI is InChI=1S/C28H21ClFN3O8/c1-2-38-23-11-15(10-20(29)25(23)39-13-24(34)31-17-5-3-16(30)4-6-17)9-19-26(35)32-28(37)33(27(19)36)18-7-8-21-22(12-18)41-14-40-21/h3-12H,2,13-14H2,1H3,(H,31,34)(H,32,35,37)/b19-9+. The van der Waals surface area contributed by atoms with Gasteiger partial charge in [0.2, 0.25) is 6.79 Å². The van der Waals surface area contributed by atoms with Crippen LogP contribution in [-0.2, 0) is 14.4 Å². The molecule has 41 heavy (non-hydrogen) atoms. The molecule has 2 N–H and O–H groups in total. The molecule has 0 saturated carbocycles. The number of anilines is 2. The zero-order chi connectivity index (χ0) is 29.1. The summed E-state index contributed by atoms with van der Waals surface area (Å²) in [4.78, 5) is 51.7. The van der Waals surface area contributed by atoms with Gasteiger partial charge in [0.1, 0.15) is 11.4 Å². The van der Waals surface area contributed by atoms with E-state index in [9.17, 15) is 23.6 Å². The molecule has 210 valence electrons. The third-order valence-electron chi connectivity index (χ3n) is 5.83. The summed E-state index contributed by atoms with van der Waals surface area (Å²) in [6.07, 6.45) is 1.25. The fraction of sp³-hybridized carbons (Fsp3) is 0.143. The van der Waals surface area contributed by atoms with E-state index >= 15 is 0 Å². The Morgan fingerprint density at radius 3 is 2.59 bits per heavy atom. The summed E-state index contributed by atoms with van der Waals surface area (Å²) in [7, 11) is 0. The van der Waals surface area contributed by atoms with Gasteiger partial charge in [0.05, 0.1) is 17.3 Å². The second-order valence-electron chi connectivity index (χ2n) is 8.60. The quantitative estimate of drug-likeness (QED) is 0.297. The number of amides is 5. The molecule has 11 nitrogen and oxygen atoms in total. The molecule has 0 radical (unpaired) electrons. The van der Waals surface area contributed by atoms with Gasteiger partial charge in [0.15, 0.2) is 29.6 Å². The topological polar surface area (TPSA) is 133 Å². The van der Waals surface area contributed by atoms with Gasteiger partial charge in [-0.15, -0.1) is 0 Å². The Hall–Kier alpha value is -5.10. The summed E-state index contributed by atoms with van der Waals surface area (Å²) < 4.78 is 34.9. The molecule has 1 saturated heterocycles. The van der Waals surface area contributed by atoms with Crippen LogP contribution in [0, 0.1) is 5.82 Å². The molecule has 3 aromatic carbocycles. The Kier molecular flexibility index (Phi) is 7.74. The van der Waals surface area contributed by atoms with Crippen LogP contribution in [0.1, 0.15) is 12.5 Å². The maximum atomic E-state index is 13.3. The van der Waals surface area contributed by atoms with Crippen LogP contribution in [0.5, 0.6) is 23.0 Å². The number of nitrogens with one attached hydrogen (secondary N) is 2. The van der Waals surface area contributed by atoms with Gasteiger partial charge in [-0.1, -0.05) is 11.6 Å². The number of benzene rings is 3. The third kappa shape index (κ3) is 5.92. The van der Waals surface area contributed by atoms with E-state index in [2.05, 4.69) is 10.6 Å². The van der Waals surface area contributed by atoms with Crippen LogP contribution < -0.4 is 34.5 Å². The molecule has 0 atom stereocenters. The van der Waals surface area contributed by atoms with Gasteiger partial charge in [0, 0.05) is 11.8 Å². The number of nitrogens with zero attached hydrogens (tertiary/aromatic N) is 1. The minimum absolute atomic E-state index is 0.00409. The zero-order valence-corrected chi connectivity index (χ0v) is 22.1. The molecule has 5 rings (SSSR count). The van der Waals surface area contributed by atoms with E-state index in [-0.39, 0.29) is 41.2 Å². The van der Waals surface area contributed by atoms with Crippen LogP contribution in [0.2, 0.25) is 5.02 Å². The fourth-order valence-corrected chi connectivity index (χ4v) is 4.30. The summed E-state index contributed by atoms with van der Waals surface area (Å²) in [6.45, 7) is 1.49. The molecular weight excluding hydrogens is 561 g/mol. The highest BCUT2D eigenvalue weighted by molar-refractivity contribution is 6.39. The number of barbiturate groups is 1. The van der Waals surface area contributed by atoms with Crippen LogP contribution in [0.15, 0.2) is 60.2 Å². The van der Waals surface area contributed by atoms with Gasteiger partial charge in [-0.05, 0) is 67.1 Å². The lowest BCUT2D eigenvalue weighted by atomic mass is 10.1. The first kappa shape index (κ1) is 27.5. The number of fused-ring (bicyclic) bond motifs is 1. The van der Waals surface area contributed by atoms with Gasteiger partial charge in [-0.3, -0.25) is 19.7 Å². The van der Waals surface area contributed by atoms with Crippen LogP contribution in [0.4, 0.5) is 20.6 Å². The lowest BCUT2D eigenvalue weighted by Gasteiger charge is -2.26. The first-order valence-corrected chi connectivity index (χ1v) is 12.6. The number of hydrogen-bond donors (Lipinski definition) is 2. The van der Waals surface area contributed by atoms with Crippen LogP contribution in [0.3, 0.4) is 0 Å². The molecule has 0 aromatic heterocycles. The Morgan fingerprint density at radius 1 is 1.07 bits per heavy atom. The first-order chi connectivity index (χ1) is 19.7. The number of rotatable bonds is 8. The monoisotopic (exact) mass is 581 g/mol. The summed E-state index contributed by atoms with van der Waals surface area (Å²) >= 11 is 6.44. The molecule has 0 aliphatic carbocycles. The first-order valence-electron chi connectivity index (χ1n) is 12.2. The summed E-state index contributed by atoms with van der Waals surface area (Å²) in [5, 5.41) is 4.75. The second-order valence-corrected chi connectivity index (χ2v) is 9.01. The van der Waals surface area contributed by atoms with E-state index in [0.717, 1.165) is 4.90 Å². The van der Waals surface area contributed by atoms with Crippen molar-refractivity contribution in [3.05, 3.63) is 76.6 Å². The second kappa shape index (κ2) is 11.6. The van der Waals surface area contributed by atoms with Crippen LogP contribution >= 0.6 is 11.6 Å². The maximum absolute atomic E-state index is 13.3. The highest BCUT2D eigenvalue weighted by Crippen LogP contribution is 2.39. The third-order valence-corrected chi connectivity index (χ3v) is 6.12. The van der Waals surface area contributed by atoms with Gasteiger partial charge in [-0.25, -0.2) is 14.1 Å². The van der Waals surface area contributed by atoms with E-state index in [0.29, 0.717) is 22.7 Å².